The summed E-state index contributed by atoms with van der Waals surface area (Å²) in [5.41, 5.74) is 2.25. The third-order valence-electron chi connectivity index (χ3n) is 6.05. The van der Waals surface area contributed by atoms with Gasteiger partial charge in [-0.15, -0.1) is 0 Å². The summed E-state index contributed by atoms with van der Waals surface area (Å²) in [6, 6.07) is 17.4. The Morgan fingerprint density at radius 3 is 2.48 bits per heavy atom. The fourth-order valence-corrected chi connectivity index (χ4v) is 5.56. The Kier molecular flexibility index (Phi) is 6.66. The molecule has 162 valence electrons. The maximum Gasteiger partial charge on any atom is 0.337 e. The summed E-state index contributed by atoms with van der Waals surface area (Å²) >= 11 is 1.56. The van der Waals surface area contributed by atoms with E-state index in [4.69, 9.17) is 4.74 Å². The third-order valence-corrected chi connectivity index (χ3v) is 7.17. The molecule has 1 saturated heterocycles. The van der Waals surface area contributed by atoms with Crippen molar-refractivity contribution in [3.8, 4) is 0 Å². The second kappa shape index (κ2) is 9.60. The quantitative estimate of drug-likeness (QED) is 0.505. The minimum atomic E-state index is -0.366. The highest BCUT2D eigenvalue weighted by Crippen LogP contribution is 2.42. The number of methoxy groups -OCH3 is 1. The van der Waals surface area contributed by atoms with Crippen molar-refractivity contribution in [1.82, 2.24) is 4.90 Å². The van der Waals surface area contributed by atoms with Crippen LogP contribution in [0.25, 0.3) is 6.08 Å². The lowest BCUT2D eigenvalue weighted by Crippen LogP contribution is -2.48. The maximum atomic E-state index is 13.5. The van der Waals surface area contributed by atoms with E-state index in [0.717, 1.165) is 35.4 Å². The van der Waals surface area contributed by atoms with Crippen molar-refractivity contribution in [1.29, 1.82) is 0 Å². The molecule has 1 unspecified atom stereocenters. The number of hydrogen-bond acceptors (Lipinski definition) is 5. The van der Waals surface area contributed by atoms with Crippen LogP contribution in [-0.4, -0.2) is 35.4 Å². The normalized spacial score (nSPS) is 25.0. The van der Waals surface area contributed by atoms with Crippen molar-refractivity contribution < 1.29 is 14.3 Å². The van der Waals surface area contributed by atoms with Gasteiger partial charge in [0.2, 0.25) is 0 Å². The number of amides is 1. The van der Waals surface area contributed by atoms with Gasteiger partial charge in [0.1, 0.15) is 0 Å². The number of carbonyl (C=O) groups is 2. The van der Waals surface area contributed by atoms with Crippen molar-refractivity contribution >= 4 is 35.4 Å². The number of nitrogens with one attached hydrogen (secondary N) is 1. The van der Waals surface area contributed by atoms with Crippen molar-refractivity contribution in [3.05, 3.63) is 70.6 Å². The summed E-state index contributed by atoms with van der Waals surface area (Å²) in [7, 11) is 1.37. The Balaban J connectivity index is 1.61. The van der Waals surface area contributed by atoms with Crippen molar-refractivity contribution in [3.63, 3.8) is 0 Å². The Bertz CT molecular complexity index is 958. The first-order valence-electron chi connectivity index (χ1n) is 10.8. The molecule has 1 aliphatic carbocycles. The van der Waals surface area contributed by atoms with Crippen molar-refractivity contribution in [2.45, 2.75) is 44.1 Å². The van der Waals surface area contributed by atoms with Crippen LogP contribution in [0.5, 0.6) is 0 Å². The number of hydrogen-bond donors (Lipinski definition) is 1. The molecule has 1 N–H and O–H groups in total. The molecule has 6 heteroatoms. The zero-order valence-corrected chi connectivity index (χ0v) is 18.7. The first kappa shape index (κ1) is 21.5. The van der Waals surface area contributed by atoms with E-state index in [0.29, 0.717) is 11.5 Å². The van der Waals surface area contributed by atoms with E-state index < -0.39 is 0 Å². The number of para-hydroxylation sites is 1. The highest BCUT2D eigenvalue weighted by atomic mass is 32.2. The monoisotopic (exact) mass is 436 g/mol. The maximum absolute atomic E-state index is 13.5. The first-order valence-corrected chi connectivity index (χ1v) is 11.7. The van der Waals surface area contributed by atoms with Crippen LogP contribution in [0, 0.1) is 5.92 Å². The molecule has 2 aliphatic rings. The van der Waals surface area contributed by atoms with Crippen LogP contribution in [0.3, 0.4) is 0 Å². The average molecular weight is 437 g/mol. The number of nitrogens with zero attached hydrogens (tertiary/aromatic N) is 1. The third kappa shape index (κ3) is 4.79. The number of thioether (sulfide) groups is 1. The molecule has 0 aromatic heterocycles. The summed E-state index contributed by atoms with van der Waals surface area (Å²) in [5.74, 6) is 0.196. The van der Waals surface area contributed by atoms with Gasteiger partial charge >= 0.3 is 5.97 Å². The number of anilines is 1. The van der Waals surface area contributed by atoms with E-state index in [2.05, 4.69) is 17.1 Å². The standard InChI is InChI=1S/C25H28N2O3S/c1-17-8-6-7-11-21(17)27-23(28)22(31-25(27)26-20-9-4-3-5-10-20)16-18-12-14-19(15-13-18)24(29)30-2/h3-5,9-10,12-17,21,25-26H,6-8,11H2,1-2H3/b22-16-/t17-,21-,25?/m1/s1. The van der Waals surface area contributed by atoms with Crippen LogP contribution in [0.2, 0.25) is 0 Å². The van der Waals surface area contributed by atoms with Gasteiger partial charge in [-0.1, -0.05) is 61.9 Å². The molecule has 1 heterocycles. The largest absolute Gasteiger partial charge is 0.465 e. The first-order chi connectivity index (χ1) is 15.1. The summed E-state index contributed by atoms with van der Waals surface area (Å²) < 4.78 is 4.76. The number of esters is 1. The van der Waals surface area contributed by atoms with Crippen LogP contribution < -0.4 is 5.32 Å². The molecule has 0 bridgehead atoms. The molecule has 1 saturated carbocycles. The molecule has 1 aliphatic heterocycles. The van der Waals surface area contributed by atoms with E-state index in [-0.39, 0.29) is 23.4 Å². The summed E-state index contributed by atoms with van der Waals surface area (Å²) in [6.07, 6.45) is 6.52. The van der Waals surface area contributed by atoms with E-state index >= 15 is 0 Å². The zero-order chi connectivity index (χ0) is 21.8. The summed E-state index contributed by atoms with van der Waals surface area (Å²) in [5, 5.41) is 3.55. The van der Waals surface area contributed by atoms with Gasteiger partial charge in [0.05, 0.1) is 17.6 Å². The Hall–Kier alpha value is -2.73. The summed E-state index contributed by atoms with van der Waals surface area (Å²) in [6.45, 7) is 2.26. The molecule has 31 heavy (non-hydrogen) atoms. The molecular formula is C25H28N2O3S. The lowest BCUT2D eigenvalue weighted by Gasteiger charge is -2.39. The topological polar surface area (TPSA) is 58.6 Å². The highest BCUT2D eigenvalue weighted by molar-refractivity contribution is 8.05. The molecule has 5 nitrogen and oxygen atoms in total. The number of ether oxygens (including phenoxy) is 1. The van der Waals surface area contributed by atoms with Gasteiger partial charge in [0.15, 0.2) is 5.50 Å². The number of benzene rings is 2. The predicted octanol–water partition coefficient (Wildman–Crippen LogP) is 5.36. The second-order valence-electron chi connectivity index (χ2n) is 8.14. The smallest absolute Gasteiger partial charge is 0.337 e. The molecule has 2 aromatic carbocycles. The molecular weight excluding hydrogens is 408 g/mol. The van der Waals surface area contributed by atoms with E-state index in [1.165, 1.54) is 13.5 Å². The van der Waals surface area contributed by atoms with Crippen LogP contribution in [0.4, 0.5) is 5.69 Å². The van der Waals surface area contributed by atoms with Crippen molar-refractivity contribution in [2.24, 2.45) is 5.92 Å². The number of rotatable bonds is 5. The highest BCUT2D eigenvalue weighted by Gasteiger charge is 2.42. The Morgan fingerprint density at radius 1 is 1.10 bits per heavy atom. The predicted molar refractivity (Wildman–Crippen MR) is 125 cm³/mol. The fraction of sp³-hybridized carbons (Fsp3) is 0.360. The van der Waals surface area contributed by atoms with Crippen LogP contribution in [-0.2, 0) is 9.53 Å². The van der Waals surface area contributed by atoms with Crippen LogP contribution >= 0.6 is 11.8 Å². The molecule has 2 fully saturated rings. The SMILES string of the molecule is COC(=O)c1ccc(/C=C2\SC(Nc3ccccc3)N([C@@H]3CCCC[C@H]3C)C2=O)cc1. The average Bonchev–Trinajstić information content (AvgIpc) is 3.09. The van der Waals surface area contributed by atoms with Crippen molar-refractivity contribution in [2.75, 3.05) is 12.4 Å². The zero-order valence-electron chi connectivity index (χ0n) is 17.9. The molecule has 3 atom stereocenters. The molecule has 2 aromatic rings. The summed E-state index contributed by atoms with van der Waals surface area (Å²) in [4.78, 5) is 27.9. The minimum absolute atomic E-state index is 0.0780. The van der Waals surface area contributed by atoms with Gasteiger partial charge < -0.3 is 15.0 Å². The second-order valence-corrected chi connectivity index (χ2v) is 9.27. The molecule has 0 radical (unpaired) electrons. The Labute approximate surface area is 187 Å². The Morgan fingerprint density at radius 2 is 1.81 bits per heavy atom. The van der Waals surface area contributed by atoms with Crippen LogP contribution in [0.15, 0.2) is 59.5 Å². The van der Waals surface area contributed by atoms with E-state index in [1.54, 1.807) is 23.9 Å². The number of carbonyl (C=O) groups excluding carboxylic acids is 2. The minimum Gasteiger partial charge on any atom is -0.465 e. The van der Waals surface area contributed by atoms with Gasteiger partial charge in [-0.3, -0.25) is 4.79 Å². The molecule has 4 rings (SSSR count). The van der Waals surface area contributed by atoms with Gasteiger partial charge in [-0.2, -0.15) is 0 Å². The van der Waals surface area contributed by atoms with Gasteiger partial charge in [-0.05, 0) is 54.7 Å². The van der Waals surface area contributed by atoms with Gasteiger partial charge in [0, 0.05) is 11.7 Å². The molecule has 1 amide bonds. The van der Waals surface area contributed by atoms with E-state index in [9.17, 15) is 9.59 Å². The van der Waals surface area contributed by atoms with Gasteiger partial charge in [-0.25, -0.2) is 4.79 Å². The van der Waals surface area contributed by atoms with E-state index in [1.807, 2.05) is 48.5 Å². The van der Waals surface area contributed by atoms with Gasteiger partial charge in [0.25, 0.3) is 5.91 Å². The lowest BCUT2D eigenvalue weighted by atomic mass is 9.85. The molecule has 0 spiro atoms. The lowest BCUT2D eigenvalue weighted by molar-refractivity contribution is -0.129. The fourth-order valence-electron chi connectivity index (χ4n) is 4.35. The van der Waals surface area contributed by atoms with Crippen LogP contribution in [0.1, 0.15) is 48.5 Å².